The molecule has 1 aromatic rings. The van der Waals surface area contributed by atoms with Gasteiger partial charge < -0.3 is 15.0 Å². The second-order valence-corrected chi connectivity index (χ2v) is 5.34. The van der Waals surface area contributed by atoms with Crippen molar-refractivity contribution < 1.29 is 9.53 Å². The fraction of sp³-hybridized carbons (Fsp3) is 0.533. The van der Waals surface area contributed by atoms with E-state index in [-0.39, 0.29) is 12.0 Å². The molecule has 0 aliphatic carbocycles. The first-order valence-corrected chi connectivity index (χ1v) is 6.92. The van der Waals surface area contributed by atoms with Crippen molar-refractivity contribution in [3.8, 4) is 0 Å². The molecule has 3 rings (SSSR count). The Labute approximate surface area is 113 Å². The second kappa shape index (κ2) is 5.31. The molecule has 4 heteroatoms. The number of likely N-dealkylation sites (tertiary alicyclic amines) is 1. The van der Waals surface area contributed by atoms with Crippen LogP contribution in [0.2, 0.25) is 0 Å². The first kappa shape index (κ1) is 12.6. The van der Waals surface area contributed by atoms with Crippen LogP contribution in [-0.2, 0) is 17.8 Å². The third-order valence-electron chi connectivity index (χ3n) is 4.08. The molecule has 4 nitrogen and oxygen atoms in total. The monoisotopic (exact) mass is 260 g/mol. The molecule has 0 saturated carbocycles. The van der Waals surface area contributed by atoms with Crippen molar-refractivity contribution in [3.05, 3.63) is 34.9 Å². The van der Waals surface area contributed by atoms with E-state index in [4.69, 9.17) is 4.74 Å². The number of carbonyl (C=O) groups excluding carboxylic acids is 1. The predicted molar refractivity (Wildman–Crippen MR) is 72.9 cm³/mol. The van der Waals surface area contributed by atoms with Crippen molar-refractivity contribution in [1.82, 2.24) is 10.2 Å². The van der Waals surface area contributed by atoms with Gasteiger partial charge in [-0.25, -0.2) is 0 Å². The number of hydrogen-bond acceptors (Lipinski definition) is 3. The van der Waals surface area contributed by atoms with Gasteiger partial charge in [0, 0.05) is 38.9 Å². The van der Waals surface area contributed by atoms with Crippen LogP contribution in [-0.4, -0.2) is 37.1 Å². The summed E-state index contributed by atoms with van der Waals surface area (Å²) in [7, 11) is 1.72. The van der Waals surface area contributed by atoms with E-state index < -0.39 is 0 Å². The van der Waals surface area contributed by atoms with Crippen molar-refractivity contribution >= 4 is 5.91 Å². The zero-order valence-corrected chi connectivity index (χ0v) is 11.3. The molecule has 2 aliphatic rings. The molecule has 1 fully saturated rings. The summed E-state index contributed by atoms with van der Waals surface area (Å²) in [6.07, 6.45) is 2.26. The Balaban J connectivity index is 1.76. The molecule has 1 unspecified atom stereocenters. The average Bonchev–Trinajstić information content (AvgIpc) is 2.94. The van der Waals surface area contributed by atoms with Gasteiger partial charge in [0.15, 0.2) is 0 Å². The van der Waals surface area contributed by atoms with Crippen LogP contribution < -0.4 is 5.32 Å². The Morgan fingerprint density at radius 2 is 2.21 bits per heavy atom. The zero-order chi connectivity index (χ0) is 13.2. The van der Waals surface area contributed by atoms with E-state index in [2.05, 4.69) is 11.4 Å². The van der Waals surface area contributed by atoms with Gasteiger partial charge in [-0.1, -0.05) is 6.07 Å². The van der Waals surface area contributed by atoms with Gasteiger partial charge in [0.25, 0.3) is 5.91 Å². The van der Waals surface area contributed by atoms with Gasteiger partial charge in [-0.15, -0.1) is 0 Å². The average molecular weight is 260 g/mol. The summed E-state index contributed by atoms with van der Waals surface area (Å²) in [5.41, 5.74) is 3.37. The number of fused-ring (bicyclic) bond motifs is 1. The first-order chi connectivity index (χ1) is 9.28. The summed E-state index contributed by atoms with van der Waals surface area (Å²) in [5, 5.41) is 3.30. The maximum atomic E-state index is 12.5. The molecule has 0 aromatic heterocycles. The van der Waals surface area contributed by atoms with Crippen LogP contribution >= 0.6 is 0 Å². The van der Waals surface area contributed by atoms with Crippen LogP contribution in [0.25, 0.3) is 0 Å². The quantitative estimate of drug-likeness (QED) is 0.877. The van der Waals surface area contributed by atoms with Crippen molar-refractivity contribution in [3.63, 3.8) is 0 Å². The second-order valence-electron chi connectivity index (χ2n) is 5.34. The highest BCUT2D eigenvalue weighted by Gasteiger charge is 2.25. The fourth-order valence-corrected chi connectivity index (χ4v) is 2.93. The van der Waals surface area contributed by atoms with Gasteiger partial charge in [-0.05, 0) is 36.1 Å². The molecular formula is C15H20N2O2. The molecule has 102 valence electrons. The molecule has 0 radical (unpaired) electrons. The van der Waals surface area contributed by atoms with Gasteiger partial charge in [-0.2, -0.15) is 0 Å². The highest BCUT2D eigenvalue weighted by Crippen LogP contribution is 2.20. The lowest BCUT2D eigenvalue weighted by atomic mass is 10.0. The molecule has 1 amide bonds. The van der Waals surface area contributed by atoms with Crippen LogP contribution in [0, 0.1) is 0 Å². The number of rotatable bonds is 2. The van der Waals surface area contributed by atoms with Gasteiger partial charge in [-0.3, -0.25) is 4.79 Å². The van der Waals surface area contributed by atoms with Crippen molar-refractivity contribution in [1.29, 1.82) is 0 Å². The van der Waals surface area contributed by atoms with Crippen molar-refractivity contribution in [2.75, 3.05) is 20.2 Å². The van der Waals surface area contributed by atoms with Gasteiger partial charge in [0.2, 0.25) is 0 Å². The lowest BCUT2D eigenvalue weighted by molar-refractivity contribution is 0.0269. The van der Waals surface area contributed by atoms with Crippen LogP contribution in [0.5, 0.6) is 0 Å². The maximum Gasteiger partial charge on any atom is 0.253 e. The number of amides is 1. The molecule has 1 saturated heterocycles. The Hall–Kier alpha value is -1.39. The third-order valence-corrected chi connectivity index (χ3v) is 4.08. The van der Waals surface area contributed by atoms with E-state index in [0.29, 0.717) is 6.54 Å². The van der Waals surface area contributed by atoms with Crippen LogP contribution in [0.15, 0.2) is 18.2 Å². The molecule has 0 bridgehead atoms. The number of hydrogen-bond donors (Lipinski definition) is 1. The minimum atomic E-state index is 0.136. The number of benzene rings is 1. The minimum absolute atomic E-state index is 0.136. The van der Waals surface area contributed by atoms with Gasteiger partial charge in [0.05, 0.1) is 6.10 Å². The maximum absolute atomic E-state index is 12.5. The highest BCUT2D eigenvalue weighted by atomic mass is 16.5. The zero-order valence-electron chi connectivity index (χ0n) is 11.3. The van der Waals surface area contributed by atoms with Crippen molar-refractivity contribution in [2.45, 2.75) is 32.0 Å². The summed E-state index contributed by atoms with van der Waals surface area (Å²) in [6, 6.07) is 6.05. The Morgan fingerprint density at radius 1 is 1.37 bits per heavy atom. The lowest BCUT2D eigenvalue weighted by Crippen LogP contribution is -2.42. The van der Waals surface area contributed by atoms with Crippen LogP contribution in [0.1, 0.15) is 34.3 Å². The molecule has 1 N–H and O–H groups in total. The number of nitrogens with zero attached hydrogens (tertiary/aromatic N) is 1. The first-order valence-electron chi connectivity index (χ1n) is 6.92. The Bertz CT molecular complexity index is 487. The molecule has 1 aromatic carbocycles. The lowest BCUT2D eigenvalue weighted by Gasteiger charge is -2.32. The van der Waals surface area contributed by atoms with E-state index in [1.807, 2.05) is 17.0 Å². The van der Waals surface area contributed by atoms with E-state index in [0.717, 1.165) is 38.0 Å². The summed E-state index contributed by atoms with van der Waals surface area (Å²) >= 11 is 0. The summed E-state index contributed by atoms with van der Waals surface area (Å²) in [6.45, 7) is 3.34. The van der Waals surface area contributed by atoms with Crippen LogP contribution in [0.4, 0.5) is 0 Å². The van der Waals surface area contributed by atoms with Gasteiger partial charge in [0.1, 0.15) is 0 Å². The predicted octanol–water partition coefficient (Wildman–Crippen LogP) is 1.54. The van der Waals surface area contributed by atoms with Crippen molar-refractivity contribution in [2.24, 2.45) is 0 Å². The smallest absolute Gasteiger partial charge is 0.253 e. The molecule has 0 spiro atoms. The summed E-state index contributed by atoms with van der Waals surface area (Å²) in [5.74, 6) is 0.136. The standard InChI is InChI=1S/C15H20N2O2/c1-19-14-3-2-6-17(10-14)15(18)11-4-5-12-8-16-9-13(12)7-11/h4-5,7,14,16H,2-3,6,8-10H2,1H3. The topological polar surface area (TPSA) is 41.6 Å². The Morgan fingerprint density at radius 3 is 3.05 bits per heavy atom. The molecule has 2 aliphatic heterocycles. The Kier molecular flexibility index (Phi) is 3.53. The number of carbonyl (C=O) groups is 1. The van der Waals surface area contributed by atoms with E-state index in [1.54, 1.807) is 7.11 Å². The van der Waals surface area contributed by atoms with Gasteiger partial charge >= 0.3 is 0 Å². The molecule has 1 atom stereocenters. The van der Waals surface area contributed by atoms with E-state index in [1.165, 1.54) is 11.1 Å². The third kappa shape index (κ3) is 2.51. The summed E-state index contributed by atoms with van der Waals surface area (Å²) in [4.78, 5) is 14.4. The van der Waals surface area contributed by atoms with Crippen LogP contribution in [0.3, 0.4) is 0 Å². The number of nitrogens with one attached hydrogen (secondary N) is 1. The highest BCUT2D eigenvalue weighted by molar-refractivity contribution is 5.94. The normalized spacial score (nSPS) is 22.4. The number of ether oxygens (including phenoxy) is 1. The molecule has 2 heterocycles. The number of methoxy groups -OCH3 is 1. The fourth-order valence-electron chi connectivity index (χ4n) is 2.93. The minimum Gasteiger partial charge on any atom is -0.380 e. The van der Waals surface area contributed by atoms with E-state index in [9.17, 15) is 4.79 Å². The number of piperidine rings is 1. The molecular weight excluding hydrogens is 240 g/mol. The van der Waals surface area contributed by atoms with E-state index >= 15 is 0 Å². The largest absolute Gasteiger partial charge is 0.380 e. The summed E-state index contributed by atoms with van der Waals surface area (Å²) < 4.78 is 5.38. The SMILES string of the molecule is COC1CCCN(C(=O)c2ccc3c(c2)CNC3)C1. The molecule has 19 heavy (non-hydrogen) atoms.